The summed E-state index contributed by atoms with van der Waals surface area (Å²) in [6, 6.07) is 22.5. The molecule has 0 spiro atoms. The van der Waals surface area contributed by atoms with E-state index in [0.29, 0.717) is 0 Å². The van der Waals surface area contributed by atoms with Gasteiger partial charge in [-0.25, -0.2) is 0 Å². The zero-order chi connectivity index (χ0) is 21.8. The number of anilines is 1. The Labute approximate surface area is 186 Å². The largest absolute Gasteiger partial charge is 0.369 e. The lowest BCUT2D eigenvalue weighted by molar-refractivity contribution is 0.918. The van der Waals surface area contributed by atoms with Gasteiger partial charge in [0.25, 0.3) is 0 Å². The van der Waals surface area contributed by atoms with Crippen LogP contribution in [0.1, 0.15) is 5.56 Å². The topological polar surface area (TPSA) is 70.6 Å². The fourth-order valence-electron chi connectivity index (χ4n) is 3.69. The van der Waals surface area contributed by atoms with E-state index >= 15 is 0 Å². The molecule has 5 aromatic rings. The van der Waals surface area contributed by atoms with Gasteiger partial charge in [0.1, 0.15) is 0 Å². The van der Waals surface area contributed by atoms with Gasteiger partial charge in [0, 0.05) is 43.3 Å². The quantitative estimate of drug-likeness (QED) is 0.409. The highest BCUT2D eigenvalue weighted by molar-refractivity contribution is 5.80. The first-order valence-electron chi connectivity index (χ1n) is 10.4. The highest BCUT2D eigenvalue weighted by Gasteiger charge is 2.12. The molecular weight excluding hydrogens is 396 g/mol. The summed E-state index contributed by atoms with van der Waals surface area (Å²) in [5, 5.41) is 7.32. The highest BCUT2D eigenvalue weighted by Crippen LogP contribution is 2.31. The summed E-state index contributed by atoms with van der Waals surface area (Å²) in [6.45, 7) is 0.807. The molecule has 32 heavy (non-hydrogen) atoms. The molecule has 6 nitrogen and oxygen atoms in total. The van der Waals surface area contributed by atoms with Gasteiger partial charge in [0.2, 0.25) is 0 Å². The van der Waals surface area contributed by atoms with E-state index in [9.17, 15) is 0 Å². The monoisotopic (exact) mass is 418 g/mol. The summed E-state index contributed by atoms with van der Waals surface area (Å²) in [7, 11) is 2.07. The lowest BCUT2D eigenvalue weighted by Crippen LogP contribution is -2.16. The number of benzene rings is 1. The predicted octanol–water partition coefficient (Wildman–Crippen LogP) is 5.23. The van der Waals surface area contributed by atoms with Crippen LogP contribution in [0.25, 0.3) is 33.8 Å². The van der Waals surface area contributed by atoms with E-state index in [0.717, 1.165) is 46.0 Å². The van der Waals surface area contributed by atoms with Crippen molar-refractivity contribution >= 4 is 5.69 Å². The standard InChI is InChI=1S/C26H22N6/c1-32(22-5-4-12-27-16-22)18-19-7-9-20(10-8-19)25-15-21(11-14-29-25)23-17-30-31-26(23)24-6-2-3-13-28-24/h2-17H,18H2,1H3,(H,30,31). The first-order chi connectivity index (χ1) is 15.8. The Morgan fingerprint density at radius 2 is 1.66 bits per heavy atom. The zero-order valence-electron chi connectivity index (χ0n) is 17.7. The zero-order valence-corrected chi connectivity index (χ0v) is 17.7. The van der Waals surface area contributed by atoms with Crippen molar-refractivity contribution in [1.82, 2.24) is 25.1 Å². The van der Waals surface area contributed by atoms with Gasteiger partial charge in [0.15, 0.2) is 0 Å². The van der Waals surface area contributed by atoms with Gasteiger partial charge in [-0.1, -0.05) is 30.3 Å². The van der Waals surface area contributed by atoms with Crippen LogP contribution in [-0.2, 0) is 6.54 Å². The minimum atomic E-state index is 0.807. The Kier molecular flexibility index (Phi) is 5.41. The smallest absolute Gasteiger partial charge is 0.0912 e. The van der Waals surface area contributed by atoms with Crippen LogP contribution in [0.15, 0.2) is 97.7 Å². The third-order valence-corrected chi connectivity index (χ3v) is 5.39. The Balaban J connectivity index is 1.38. The van der Waals surface area contributed by atoms with E-state index in [4.69, 9.17) is 0 Å². The Bertz CT molecular complexity index is 1300. The van der Waals surface area contributed by atoms with Crippen LogP contribution in [0.4, 0.5) is 5.69 Å². The molecule has 0 atom stereocenters. The van der Waals surface area contributed by atoms with Gasteiger partial charge in [-0.3, -0.25) is 20.1 Å². The van der Waals surface area contributed by atoms with Gasteiger partial charge in [-0.15, -0.1) is 0 Å². The van der Waals surface area contributed by atoms with Crippen molar-refractivity contribution in [3.8, 4) is 33.8 Å². The van der Waals surface area contributed by atoms with Crippen LogP contribution in [-0.4, -0.2) is 32.2 Å². The molecule has 1 N–H and O–H groups in total. The molecule has 0 aliphatic carbocycles. The summed E-state index contributed by atoms with van der Waals surface area (Å²) in [6.07, 6.45) is 9.12. The van der Waals surface area contributed by atoms with Crippen LogP contribution in [0, 0.1) is 0 Å². The summed E-state index contributed by atoms with van der Waals surface area (Å²) in [5.41, 5.74) is 8.12. The molecular formula is C26H22N6. The summed E-state index contributed by atoms with van der Waals surface area (Å²) in [4.78, 5) is 15.4. The lowest BCUT2D eigenvalue weighted by Gasteiger charge is -2.19. The van der Waals surface area contributed by atoms with E-state index < -0.39 is 0 Å². The van der Waals surface area contributed by atoms with Crippen LogP contribution in [0.2, 0.25) is 0 Å². The SMILES string of the molecule is CN(Cc1ccc(-c2cc(-c3cn[nH]c3-c3ccccn3)ccn2)cc1)c1cccnc1. The maximum Gasteiger partial charge on any atom is 0.0912 e. The molecule has 0 aliphatic heterocycles. The van der Waals surface area contributed by atoms with Gasteiger partial charge >= 0.3 is 0 Å². The van der Waals surface area contributed by atoms with Gasteiger partial charge < -0.3 is 4.90 Å². The van der Waals surface area contributed by atoms with Gasteiger partial charge in [-0.05, 0) is 47.5 Å². The lowest BCUT2D eigenvalue weighted by atomic mass is 10.0. The van der Waals surface area contributed by atoms with Crippen molar-refractivity contribution in [2.75, 3.05) is 11.9 Å². The second-order valence-corrected chi connectivity index (χ2v) is 7.57. The third-order valence-electron chi connectivity index (χ3n) is 5.39. The van der Waals surface area contributed by atoms with E-state index in [1.165, 1.54) is 5.56 Å². The molecule has 0 saturated heterocycles. The Morgan fingerprint density at radius 3 is 2.44 bits per heavy atom. The number of nitrogens with zero attached hydrogens (tertiary/aromatic N) is 5. The molecule has 0 saturated carbocycles. The fourth-order valence-corrected chi connectivity index (χ4v) is 3.69. The van der Waals surface area contributed by atoms with Crippen LogP contribution < -0.4 is 4.90 Å². The molecule has 156 valence electrons. The average molecular weight is 419 g/mol. The molecule has 0 aliphatic rings. The van der Waals surface area contributed by atoms with Gasteiger partial charge in [0.05, 0.1) is 35.2 Å². The van der Waals surface area contributed by atoms with Crippen LogP contribution in [0.5, 0.6) is 0 Å². The number of aromatic amines is 1. The molecule has 6 heteroatoms. The van der Waals surface area contributed by atoms with E-state index in [1.54, 1.807) is 12.4 Å². The van der Waals surface area contributed by atoms with Gasteiger partial charge in [-0.2, -0.15) is 5.10 Å². The fraction of sp³-hybridized carbons (Fsp3) is 0.0769. The van der Waals surface area contributed by atoms with Crippen LogP contribution >= 0.6 is 0 Å². The number of nitrogens with one attached hydrogen (secondary N) is 1. The second kappa shape index (κ2) is 8.81. The molecule has 0 unspecified atom stereocenters. The molecule has 0 bridgehead atoms. The van der Waals surface area contributed by atoms with Crippen molar-refractivity contribution < 1.29 is 0 Å². The first-order valence-corrected chi connectivity index (χ1v) is 10.4. The van der Waals surface area contributed by atoms with Crippen molar-refractivity contribution in [1.29, 1.82) is 0 Å². The normalized spacial score (nSPS) is 10.8. The van der Waals surface area contributed by atoms with E-state index in [-0.39, 0.29) is 0 Å². The maximum absolute atomic E-state index is 4.60. The molecule has 5 rings (SSSR count). The Morgan fingerprint density at radius 1 is 0.781 bits per heavy atom. The summed E-state index contributed by atoms with van der Waals surface area (Å²) < 4.78 is 0. The summed E-state index contributed by atoms with van der Waals surface area (Å²) >= 11 is 0. The minimum Gasteiger partial charge on any atom is -0.369 e. The predicted molar refractivity (Wildman–Crippen MR) is 127 cm³/mol. The number of aromatic nitrogens is 5. The number of H-pyrrole nitrogens is 1. The summed E-state index contributed by atoms with van der Waals surface area (Å²) in [5.74, 6) is 0. The Hall–Kier alpha value is -4.32. The minimum absolute atomic E-state index is 0.807. The molecule has 0 amide bonds. The van der Waals surface area contributed by atoms with Crippen molar-refractivity contribution in [2.24, 2.45) is 0 Å². The van der Waals surface area contributed by atoms with Crippen LogP contribution in [0.3, 0.4) is 0 Å². The maximum atomic E-state index is 4.60. The number of pyridine rings is 3. The second-order valence-electron chi connectivity index (χ2n) is 7.57. The third kappa shape index (κ3) is 4.11. The van der Waals surface area contributed by atoms with Crippen molar-refractivity contribution in [3.63, 3.8) is 0 Å². The number of rotatable bonds is 6. The molecule has 4 aromatic heterocycles. The molecule has 1 aromatic carbocycles. The molecule has 0 radical (unpaired) electrons. The van der Waals surface area contributed by atoms with Crippen molar-refractivity contribution in [2.45, 2.75) is 6.54 Å². The molecule has 4 heterocycles. The molecule has 0 fully saturated rings. The average Bonchev–Trinajstić information content (AvgIpc) is 3.36. The van der Waals surface area contributed by atoms with E-state index in [1.807, 2.05) is 48.9 Å². The van der Waals surface area contributed by atoms with E-state index in [2.05, 4.69) is 73.5 Å². The van der Waals surface area contributed by atoms with Crippen molar-refractivity contribution in [3.05, 3.63) is 103 Å². The number of hydrogen-bond acceptors (Lipinski definition) is 5. The highest BCUT2D eigenvalue weighted by atomic mass is 15.1. The number of hydrogen-bond donors (Lipinski definition) is 1. The first kappa shape index (κ1) is 19.6.